The maximum Gasteiger partial charge on any atom is 0.0704 e. The Labute approximate surface area is 110 Å². The molecule has 0 bridgehead atoms. The molecule has 0 aromatic rings. The Morgan fingerprint density at radius 3 is 2.71 bits per heavy atom. The predicted octanol–water partition coefficient (Wildman–Crippen LogP) is 3.33. The SMILES string of the molecule is CC1CCCC(CCl)(NCC2CCC(C)O2)C1. The summed E-state index contributed by atoms with van der Waals surface area (Å²) in [7, 11) is 0. The van der Waals surface area contributed by atoms with Crippen LogP contribution in [0.1, 0.15) is 52.4 Å². The molecule has 1 saturated heterocycles. The van der Waals surface area contributed by atoms with Gasteiger partial charge in [-0.1, -0.05) is 19.8 Å². The van der Waals surface area contributed by atoms with Crippen LogP contribution in [0.4, 0.5) is 0 Å². The van der Waals surface area contributed by atoms with Gasteiger partial charge < -0.3 is 10.1 Å². The Morgan fingerprint density at radius 2 is 2.12 bits per heavy atom. The third kappa shape index (κ3) is 3.59. The Morgan fingerprint density at radius 1 is 1.29 bits per heavy atom. The largest absolute Gasteiger partial charge is 0.374 e. The molecule has 1 aliphatic heterocycles. The van der Waals surface area contributed by atoms with Crippen molar-refractivity contribution in [1.82, 2.24) is 5.32 Å². The summed E-state index contributed by atoms with van der Waals surface area (Å²) in [4.78, 5) is 0. The van der Waals surface area contributed by atoms with Crippen molar-refractivity contribution in [1.29, 1.82) is 0 Å². The van der Waals surface area contributed by atoms with Gasteiger partial charge in [0.2, 0.25) is 0 Å². The van der Waals surface area contributed by atoms with Crippen molar-refractivity contribution in [2.75, 3.05) is 12.4 Å². The minimum Gasteiger partial charge on any atom is -0.374 e. The molecule has 0 amide bonds. The average molecular weight is 260 g/mol. The second kappa shape index (κ2) is 5.90. The van der Waals surface area contributed by atoms with Crippen molar-refractivity contribution in [2.24, 2.45) is 5.92 Å². The lowest BCUT2D eigenvalue weighted by Crippen LogP contribution is -2.52. The van der Waals surface area contributed by atoms with E-state index in [1.165, 1.54) is 38.5 Å². The highest BCUT2D eigenvalue weighted by atomic mass is 35.5. The van der Waals surface area contributed by atoms with E-state index in [9.17, 15) is 0 Å². The van der Waals surface area contributed by atoms with Crippen molar-refractivity contribution in [3.05, 3.63) is 0 Å². The van der Waals surface area contributed by atoms with Crippen LogP contribution in [0.3, 0.4) is 0 Å². The van der Waals surface area contributed by atoms with Crippen LogP contribution in [0.25, 0.3) is 0 Å². The molecule has 3 heteroatoms. The summed E-state index contributed by atoms with van der Waals surface area (Å²) in [5, 5.41) is 3.72. The van der Waals surface area contributed by atoms with E-state index in [0.29, 0.717) is 12.2 Å². The Kier molecular flexibility index (Phi) is 4.73. The van der Waals surface area contributed by atoms with Gasteiger partial charge in [-0.05, 0) is 38.5 Å². The van der Waals surface area contributed by atoms with Crippen molar-refractivity contribution in [3.63, 3.8) is 0 Å². The Hall–Kier alpha value is 0.210. The van der Waals surface area contributed by atoms with Gasteiger partial charge in [0.1, 0.15) is 0 Å². The van der Waals surface area contributed by atoms with Crippen LogP contribution in [0.5, 0.6) is 0 Å². The summed E-state index contributed by atoms with van der Waals surface area (Å²) in [5.41, 5.74) is 0.175. The lowest BCUT2D eigenvalue weighted by atomic mass is 9.77. The zero-order valence-electron chi connectivity index (χ0n) is 11.2. The Balaban J connectivity index is 1.82. The molecule has 1 N–H and O–H groups in total. The molecule has 1 heterocycles. The van der Waals surface area contributed by atoms with Gasteiger partial charge in [0.25, 0.3) is 0 Å². The minimum absolute atomic E-state index is 0.175. The van der Waals surface area contributed by atoms with E-state index in [0.717, 1.165) is 18.3 Å². The predicted molar refractivity (Wildman–Crippen MR) is 72.7 cm³/mol. The summed E-state index contributed by atoms with van der Waals surface area (Å²) < 4.78 is 5.86. The summed E-state index contributed by atoms with van der Waals surface area (Å²) in [6.45, 7) is 5.49. The van der Waals surface area contributed by atoms with Gasteiger partial charge in [-0.3, -0.25) is 0 Å². The fourth-order valence-corrected chi connectivity index (χ4v) is 3.69. The molecule has 100 valence electrons. The molecular weight excluding hydrogens is 234 g/mol. The number of hydrogen-bond acceptors (Lipinski definition) is 2. The standard InChI is InChI=1S/C14H26ClNO/c1-11-4-3-7-14(8-11,10-15)16-9-13-6-5-12(2)17-13/h11-13,16H,3-10H2,1-2H3. The van der Waals surface area contributed by atoms with E-state index in [-0.39, 0.29) is 5.54 Å². The lowest BCUT2D eigenvalue weighted by Gasteiger charge is -2.40. The van der Waals surface area contributed by atoms with Crippen LogP contribution >= 0.6 is 11.6 Å². The molecule has 0 spiro atoms. The van der Waals surface area contributed by atoms with Crippen molar-refractivity contribution < 1.29 is 4.74 Å². The minimum atomic E-state index is 0.175. The van der Waals surface area contributed by atoms with E-state index in [1.807, 2.05) is 0 Å². The number of hydrogen-bond donors (Lipinski definition) is 1. The highest BCUT2D eigenvalue weighted by Crippen LogP contribution is 2.33. The maximum absolute atomic E-state index is 6.21. The van der Waals surface area contributed by atoms with Gasteiger partial charge in [-0.2, -0.15) is 0 Å². The molecule has 1 aliphatic carbocycles. The van der Waals surface area contributed by atoms with Crippen molar-refractivity contribution >= 4 is 11.6 Å². The van der Waals surface area contributed by atoms with E-state index in [1.54, 1.807) is 0 Å². The van der Waals surface area contributed by atoms with Crippen LogP contribution in [-0.2, 0) is 4.74 Å². The smallest absolute Gasteiger partial charge is 0.0704 e. The van der Waals surface area contributed by atoms with Crippen molar-refractivity contribution in [2.45, 2.75) is 70.1 Å². The van der Waals surface area contributed by atoms with Gasteiger partial charge in [0, 0.05) is 18.0 Å². The molecule has 17 heavy (non-hydrogen) atoms. The second-order valence-electron chi connectivity index (χ2n) is 6.14. The van der Waals surface area contributed by atoms with Gasteiger partial charge >= 0.3 is 0 Å². The zero-order chi connectivity index (χ0) is 12.3. The number of alkyl halides is 1. The van der Waals surface area contributed by atoms with Crippen LogP contribution in [0.15, 0.2) is 0 Å². The van der Waals surface area contributed by atoms with Gasteiger partial charge in [0.15, 0.2) is 0 Å². The van der Waals surface area contributed by atoms with Crippen LogP contribution in [0, 0.1) is 5.92 Å². The highest BCUT2D eigenvalue weighted by molar-refractivity contribution is 6.18. The Bertz CT molecular complexity index is 248. The molecule has 4 atom stereocenters. The zero-order valence-corrected chi connectivity index (χ0v) is 11.9. The molecular formula is C14H26ClNO. The normalized spacial score (nSPS) is 42.9. The highest BCUT2D eigenvalue weighted by Gasteiger charge is 2.35. The molecule has 0 aromatic heterocycles. The second-order valence-corrected chi connectivity index (χ2v) is 6.41. The van der Waals surface area contributed by atoms with E-state index in [4.69, 9.17) is 16.3 Å². The molecule has 2 fully saturated rings. The molecule has 0 radical (unpaired) electrons. The van der Waals surface area contributed by atoms with Gasteiger partial charge in [0.05, 0.1) is 12.2 Å². The van der Waals surface area contributed by atoms with Crippen LogP contribution in [0.2, 0.25) is 0 Å². The molecule has 2 aliphatic rings. The third-order valence-corrected chi connectivity index (χ3v) is 4.88. The third-order valence-electron chi connectivity index (χ3n) is 4.37. The summed E-state index contributed by atoms with van der Waals surface area (Å²) in [6.07, 6.45) is 8.36. The van der Waals surface area contributed by atoms with Crippen LogP contribution < -0.4 is 5.32 Å². The maximum atomic E-state index is 6.21. The molecule has 0 aromatic carbocycles. The summed E-state index contributed by atoms with van der Waals surface area (Å²) in [5.74, 6) is 1.54. The average Bonchev–Trinajstić information content (AvgIpc) is 2.73. The first-order valence-corrected chi connectivity index (χ1v) is 7.63. The number of rotatable bonds is 4. The first-order chi connectivity index (χ1) is 8.13. The lowest BCUT2D eigenvalue weighted by molar-refractivity contribution is 0.0476. The van der Waals surface area contributed by atoms with Crippen LogP contribution in [-0.4, -0.2) is 30.2 Å². The topological polar surface area (TPSA) is 21.3 Å². The van der Waals surface area contributed by atoms with E-state index in [2.05, 4.69) is 19.2 Å². The molecule has 2 nitrogen and oxygen atoms in total. The van der Waals surface area contributed by atoms with Gasteiger partial charge in [-0.15, -0.1) is 11.6 Å². The monoisotopic (exact) mass is 259 g/mol. The number of nitrogens with one attached hydrogen (secondary N) is 1. The molecule has 4 unspecified atom stereocenters. The fourth-order valence-electron chi connectivity index (χ4n) is 3.35. The molecule has 1 saturated carbocycles. The number of halogens is 1. The molecule has 2 rings (SSSR count). The fraction of sp³-hybridized carbons (Fsp3) is 1.00. The summed E-state index contributed by atoms with van der Waals surface area (Å²) >= 11 is 6.21. The van der Waals surface area contributed by atoms with E-state index < -0.39 is 0 Å². The van der Waals surface area contributed by atoms with E-state index >= 15 is 0 Å². The first kappa shape index (κ1) is 13.6. The quantitative estimate of drug-likeness (QED) is 0.782. The first-order valence-electron chi connectivity index (χ1n) is 7.10. The van der Waals surface area contributed by atoms with Crippen molar-refractivity contribution in [3.8, 4) is 0 Å². The number of ether oxygens (including phenoxy) is 1. The summed E-state index contributed by atoms with van der Waals surface area (Å²) in [6, 6.07) is 0. The van der Waals surface area contributed by atoms with Gasteiger partial charge in [-0.25, -0.2) is 0 Å².